The maximum Gasteiger partial charge on any atom is 0.419 e. The first-order valence-electron chi connectivity index (χ1n) is 4.86. The Bertz CT molecular complexity index is 656. The maximum atomic E-state index is 12.8. The summed E-state index contributed by atoms with van der Waals surface area (Å²) in [4.78, 5) is 3.53. The summed E-state index contributed by atoms with van der Waals surface area (Å²) < 4.78 is 38.5. The van der Waals surface area contributed by atoms with Gasteiger partial charge < -0.3 is 5.43 Å². The number of hydrogen-bond donors (Lipinski definition) is 2. The second-order valence-electron chi connectivity index (χ2n) is 3.30. The van der Waals surface area contributed by atoms with Crippen molar-refractivity contribution in [2.75, 3.05) is 5.43 Å². The van der Waals surface area contributed by atoms with E-state index in [1.807, 2.05) is 0 Å². The molecule has 0 fully saturated rings. The molecule has 110 valence electrons. The van der Waals surface area contributed by atoms with Crippen LogP contribution in [0.5, 0.6) is 0 Å². The lowest BCUT2D eigenvalue weighted by Gasteiger charge is -2.15. The van der Waals surface area contributed by atoms with Crippen molar-refractivity contribution in [3.8, 4) is 12.1 Å². The van der Waals surface area contributed by atoms with Gasteiger partial charge in [-0.05, 0) is 0 Å². The molecule has 1 aromatic heterocycles. The van der Waals surface area contributed by atoms with Gasteiger partial charge in [0.1, 0.15) is 17.7 Å². The number of hydrogen-bond acceptors (Lipinski definition) is 5. The van der Waals surface area contributed by atoms with Crippen LogP contribution in [0.4, 0.5) is 19.0 Å². The Labute approximate surface area is 131 Å². The Balaban J connectivity index is 3.17. The summed E-state index contributed by atoms with van der Waals surface area (Å²) in [5.41, 5.74) is 2.70. The van der Waals surface area contributed by atoms with Crippen LogP contribution in [-0.2, 0) is 6.18 Å². The fourth-order valence-corrected chi connectivity index (χ4v) is 1.87. The highest BCUT2D eigenvalue weighted by atomic mass is 35.5. The fraction of sp³-hybridized carbons (Fsp3) is 0.100. The Morgan fingerprint density at radius 2 is 1.71 bits per heavy atom. The van der Waals surface area contributed by atoms with Crippen molar-refractivity contribution in [2.45, 2.75) is 6.18 Å². The molecule has 0 atom stereocenters. The molecule has 0 aliphatic heterocycles. The number of nitrogens with one attached hydrogen (secondary N) is 2. The predicted molar refractivity (Wildman–Crippen MR) is 70.3 cm³/mol. The topological polar surface area (TPSA) is 84.5 Å². The van der Waals surface area contributed by atoms with Crippen LogP contribution in [0.25, 0.3) is 0 Å². The lowest BCUT2D eigenvalue weighted by Crippen LogP contribution is -2.18. The number of rotatable bonds is 3. The van der Waals surface area contributed by atoms with Gasteiger partial charge in [0.25, 0.3) is 0 Å². The molecule has 1 heterocycles. The summed E-state index contributed by atoms with van der Waals surface area (Å²) in [6.45, 7) is 0. The van der Waals surface area contributed by atoms with E-state index in [2.05, 4.69) is 15.8 Å². The van der Waals surface area contributed by atoms with Crippen molar-refractivity contribution in [1.29, 1.82) is 10.5 Å². The quantitative estimate of drug-likeness (QED) is 0.487. The zero-order valence-corrected chi connectivity index (χ0v) is 12.0. The molecular weight excluding hydrogens is 353 g/mol. The lowest BCUT2D eigenvalue weighted by molar-refractivity contribution is -0.137. The number of allylic oxidation sites excluding steroid dienone is 1. The minimum Gasteiger partial charge on any atom is -0.305 e. The number of nitrogens with zero attached hydrogens (tertiary/aromatic N) is 3. The minimum absolute atomic E-state index is 0.324. The van der Waals surface area contributed by atoms with E-state index in [1.54, 1.807) is 0 Å². The zero-order chi connectivity index (χ0) is 16.2. The van der Waals surface area contributed by atoms with Crippen molar-refractivity contribution in [1.82, 2.24) is 10.4 Å². The van der Waals surface area contributed by atoms with Crippen LogP contribution in [0.15, 0.2) is 11.8 Å². The van der Waals surface area contributed by atoms with Crippen LogP contribution >= 0.6 is 34.8 Å². The monoisotopic (exact) mass is 355 g/mol. The molecule has 1 aromatic rings. The Kier molecular flexibility index (Phi) is 5.50. The molecule has 1 rings (SSSR count). The van der Waals surface area contributed by atoms with Gasteiger partial charge in [-0.3, -0.25) is 5.43 Å². The first-order chi connectivity index (χ1) is 9.72. The van der Waals surface area contributed by atoms with Crippen molar-refractivity contribution >= 4 is 40.6 Å². The Hall–Kier alpha value is -1.87. The molecule has 0 aliphatic carbocycles. The number of halogens is 6. The Morgan fingerprint density at radius 3 is 2.19 bits per heavy atom. The van der Waals surface area contributed by atoms with E-state index in [9.17, 15) is 13.2 Å². The summed E-state index contributed by atoms with van der Waals surface area (Å²) in [6, 6.07) is 3.05. The van der Waals surface area contributed by atoms with E-state index in [1.165, 1.54) is 12.1 Å². The smallest absolute Gasteiger partial charge is 0.305 e. The molecule has 0 aliphatic rings. The van der Waals surface area contributed by atoms with Crippen LogP contribution in [0.3, 0.4) is 0 Å². The van der Waals surface area contributed by atoms with Crippen LogP contribution in [0.2, 0.25) is 15.2 Å². The molecule has 0 saturated heterocycles. The molecule has 0 aromatic carbocycles. The van der Waals surface area contributed by atoms with Crippen LogP contribution in [0, 0.1) is 22.7 Å². The molecule has 21 heavy (non-hydrogen) atoms. The molecule has 5 nitrogen and oxygen atoms in total. The summed E-state index contributed by atoms with van der Waals surface area (Å²) in [7, 11) is 0. The summed E-state index contributed by atoms with van der Waals surface area (Å²) in [6.07, 6.45) is -3.93. The summed E-state index contributed by atoms with van der Waals surface area (Å²) >= 11 is 16.5. The van der Waals surface area contributed by atoms with E-state index >= 15 is 0 Å². The fourth-order valence-electron chi connectivity index (χ4n) is 1.11. The van der Waals surface area contributed by atoms with Crippen molar-refractivity contribution in [3.63, 3.8) is 0 Å². The number of nitriles is 2. The van der Waals surface area contributed by atoms with Crippen molar-refractivity contribution in [2.24, 2.45) is 0 Å². The molecule has 0 spiro atoms. The molecule has 0 radical (unpaired) electrons. The second kappa shape index (κ2) is 6.72. The highest BCUT2D eigenvalue weighted by Crippen LogP contribution is 2.44. The van der Waals surface area contributed by atoms with Gasteiger partial charge in [-0.1, -0.05) is 34.8 Å². The number of anilines is 1. The molecule has 0 saturated carbocycles. The molecule has 0 unspecified atom stereocenters. The maximum absolute atomic E-state index is 12.8. The van der Waals surface area contributed by atoms with Crippen LogP contribution in [-0.4, -0.2) is 4.98 Å². The van der Waals surface area contributed by atoms with Crippen molar-refractivity contribution in [3.05, 3.63) is 32.5 Å². The van der Waals surface area contributed by atoms with Crippen LogP contribution < -0.4 is 10.9 Å². The van der Waals surface area contributed by atoms with Gasteiger partial charge in [0.05, 0.1) is 15.6 Å². The normalized spacial score (nSPS) is 10.3. The predicted octanol–water partition coefficient (Wildman–Crippen LogP) is 3.91. The summed E-state index contributed by atoms with van der Waals surface area (Å²) in [5.74, 6) is -0.468. The van der Waals surface area contributed by atoms with Gasteiger partial charge in [0, 0.05) is 6.20 Å². The van der Waals surface area contributed by atoms with E-state index < -0.39 is 32.8 Å². The summed E-state index contributed by atoms with van der Waals surface area (Å²) in [5, 5.41) is 14.7. The average Bonchev–Trinajstić information content (AvgIpc) is 2.39. The van der Waals surface area contributed by atoms with Gasteiger partial charge in [-0.15, -0.1) is 0 Å². The number of hydrazine groups is 1. The van der Waals surface area contributed by atoms with Gasteiger partial charge >= 0.3 is 6.18 Å². The SMILES string of the molecule is N#CC(C#N)=CNNc1nc(Cl)c(Cl)c(C(F)(F)F)c1Cl. The minimum atomic E-state index is -4.84. The van der Waals surface area contributed by atoms with E-state index in [0.717, 1.165) is 6.20 Å². The van der Waals surface area contributed by atoms with Crippen molar-refractivity contribution < 1.29 is 13.2 Å². The number of pyridine rings is 1. The largest absolute Gasteiger partial charge is 0.419 e. The standard InChI is InChI=1S/C10H3Cl3F3N5/c11-6-5(10(14,15)16)7(12)9(20-8(6)13)21-19-3-4(1-17)2-18/h3,19H,(H,20,21). The van der Waals surface area contributed by atoms with Gasteiger partial charge in [-0.25, -0.2) is 4.98 Å². The van der Waals surface area contributed by atoms with E-state index in [0.29, 0.717) is 0 Å². The second-order valence-corrected chi connectivity index (χ2v) is 4.42. The molecule has 2 N–H and O–H groups in total. The van der Waals surface area contributed by atoms with Gasteiger partial charge in [0.2, 0.25) is 0 Å². The highest BCUT2D eigenvalue weighted by Gasteiger charge is 2.38. The molecular formula is C10H3Cl3F3N5. The number of aromatic nitrogens is 1. The third-order valence-corrected chi connectivity index (χ3v) is 3.08. The zero-order valence-electron chi connectivity index (χ0n) is 9.69. The van der Waals surface area contributed by atoms with Gasteiger partial charge in [0.15, 0.2) is 11.0 Å². The van der Waals surface area contributed by atoms with E-state index in [4.69, 9.17) is 45.3 Å². The third kappa shape index (κ3) is 4.05. The number of alkyl halides is 3. The molecule has 0 bridgehead atoms. The Morgan fingerprint density at radius 1 is 1.14 bits per heavy atom. The highest BCUT2D eigenvalue weighted by molar-refractivity contribution is 6.44. The third-order valence-electron chi connectivity index (χ3n) is 1.97. The molecule has 0 amide bonds. The average molecular weight is 357 g/mol. The first-order valence-corrected chi connectivity index (χ1v) is 5.99. The first kappa shape index (κ1) is 17.2. The molecule has 11 heteroatoms. The lowest BCUT2D eigenvalue weighted by atomic mass is 10.2. The van der Waals surface area contributed by atoms with Crippen LogP contribution in [0.1, 0.15) is 5.56 Å². The van der Waals surface area contributed by atoms with Gasteiger partial charge in [-0.2, -0.15) is 23.7 Å². The van der Waals surface area contributed by atoms with E-state index in [-0.39, 0.29) is 5.57 Å².